The Labute approximate surface area is 184 Å². The summed E-state index contributed by atoms with van der Waals surface area (Å²) in [4.78, 5) is 32.2. The molecule has 2 aromatic carbocycles. The molecule has 5 nitrogen and oxygen atoms in total. The molecule has 1 unspecified atom stereocenters. The highest BCUT2D eigenvalue weighted by molar-refractivity contribution is 5.96. The molecule has 1 amide bonds. The summed E-state index contributed by atoms with van der Waals surface area (Å²) < 4.78 is 19.9. The predicted molar refractivity (Wildman–Crippen MR) is 115 cm³/mol. The summed E-state index contributed by atoms with van der Waals surface area (Å²) in [5.41, 5.74) is 1.98. The van der Waals surface area contributed by atoms with Crippen LogP contribution in [0.1, 0.15) is 40.7 Å². The Balaban J connectivity index is 1.25. The first-order chi connectivity index (χ1) is 15.5. The summed E-state index contributed by atoms with van der Waals surface area (Å²) in [5.74, 6) is -0.585. The van der Waals surface area contributed by atoms with Crippen LogP contribution in [0.4, 0.5) is 4.39 Å². The fourth-order valence-electron chi connectivity index (χ4n) is 5.16. The molecule has 1 atom stereocenters. The molecular formula is C26H21FN2O3. The van der Waals surface area contributed by atoms with Gasteiger partial charge in [-0.3, -0.25) is 9.78 Å². The number of aromatic nitrogens is 1. The molecule has 3 heterocycles. The fraction of sp³-hybridized carbons (Fsp3) is 0.269. The molecule has 0 radical (unpaired) electrons. The van der Waals surface area contributed by atoms with Crippen LogP contribution in [0.25, 0.3) is 11.3 Å². The van der Waals surface area contributed by atoms with E-state index in [9.17, 15) is 14.0 Å². The van der Waals surface area contributed by atoms with Gasteiger partial charge in [0.05, 0.1) is 23.2 Å². The van der Waals surface area contributed by atoms with Crippen LogP contribution in [0.3, 0.4) is 0 Å². The molecule has 1 aliphatic carbocycles. The standard InChI is InChI=1S/C26H21FN2O3/c27-21-8-4-2-6-19(21)22-10-9-17(15-28-22)25(11-12-25)24(31)29-14-13-26(16-29)20-7-3-1-5-18(20)23(30)32-26/h1-10,15H,11-14,16H2. The van der Waals surface area contributed by atoms with E-state index in [1.807, 2.05) is 29.2 Å². The number of nitrogens with zero attached hydrogens (tertiary/aromatic N) is 2. The number of carbonyl (C=O) groups excluding carboxylic acids is 2. The molecule has 2 aliphatic heterocycles. The second-order valence-electron chi connectivity index (χ2n) is 8.90. The zero-order chi connectivity index (χ0) is 21.9. The van der Waals surface area contributed by atoms with Crippen molar-refractivity contribution in [1.29, 1.82) is 0 Å². The molecule has 2 fully saturated rings. The number of fused-ring (bicyclic) bond motifs is 2. The van der Waals surface area contributed by atoms with E-state index in [0.29, 0.717) is 36.3 Å². The van der Waals surface area contributed by atoms with Gasteiger partial charge in [-0.15, -0.1) is 0 Å². The number of carbonyl (C=O) groups is 2. The molecule has 32 heavy (non-hydrogen) atoms. The van der Waals surface area contributed by atoms with E-state index < -0.39 is 11.0 Å². The van der Waals surface area contributed by atoms with Crippen LogP contribution < -0.4 is 0 Å². The van der Waals surface area contributed by atoms with Gasteiger partial charge >= 0.3 is 5.97 Å². The SMILES string of the molecule is O=C1OC2(CCN(C(=O)C3(c4ccc(-c5ccccc5F)nc4)CC3)C2)c2ccccc21. The third-order valence-electron chi connectivity index (χ3n) is 7.07. The van der Waals surface area contributed by atoms with Gasteiger partial charge in [-0.25, -0.2) is 9.18 Å². The number of pyridine rings is 1. The van der Waals surface area contributed by atoms with E-state index in [-0.39, 0.29) is 17.7 Å². The molecule has 0 bridgehead atoms. The number of halogens is 1. The van der Waals surface area contributed by atoms with Crippen molar-refractivity contribution in [2.24, 2.45) is 0 Å². The Morgan fingerprint density at radius 1 is 0.969 bits per heavy atom. The lowest BCUT2D eigenvalue weighted by Crippen LogP contribution is -2.40. The number of esters is 1. The van der Waals surface area contributed by atoms with Crippen LogP contribution in [0.15, 0.2) is 66.9 Å². The van der Waals surface area contributed by atoms with Gasteiger partial charge in [-0.1, -0.05) is 36.4 Å². The average molecular weight is 428 g/mol. The van der Waals surface area contributed by atoms with Crippen LogP contribution >= 0.6 is 0 Å². The Bertz CT molecular complexity index is 1250. The molecule has 1 spiro atoms. The summed E-state index contributed by atoms with van der Waals surface area (Å²) in [7, 11) is 0. The summed E-state index contributed by atoms with van der Waals surface area (Å²) in [6.07, 6.45) is 3.81. The molecular weight excluding hydrogens is 407 g/mol. The van der Waals surface area contributed by atoms with Crippen molar-refractivity contribution in [3.8, 4) is 11.3 Å². The fourth-order valence-corrected chi connectivity index (χ4v) is 5.16. The minimum Gasteiger partial charge on any atom is -0.449 e. The zero-order valence-corrected chi connectivity index (χ0v) is 17.4. The van der Waals surface area contributed by atoms with Crippen molar-refractivity contribution in [1.82, 2.24) is 9.88 Å². The Morgan fingerprint density at radius 2 is 1.72 bits per heavy atom. The number of hydrogen-bond acceptors (Lipinski definition) is 4. The van der Waals surface area contributed by atoms with Crippen molar-refractivity contribution < 1.29 is 18.7 Å². The number of ether oxygens (including phenoxy) is 1. The lowest BCUT2D eigenvalue weighted by atomic mass is 9.91. The maximum atomic E-state index is 14.1. The Kier molecular flexibility index (Phi) is 4.03. The summed E-state index contributed by atoms with van der Waals surface area (Å²) in [5, 5.41) is 0. The third kappa shape index (κ3) is 2.72. The first-order valence-electron chi connectivity index (χ1n) is 10.9. The van der Waals surface area contributed by atoms with Crippen molar-refractivity contribution in [3.63, 3.8) is 0 Å². The Hall–Kier alpha value is -3.54. The van der Waals surface area contributed by atoms with E-state index in [1.54, 1.807) is 36.5 Å². The average Bonchev–Trinajstić information content (AvgIpc) is 3.45. The first kappa shape index (κ1) is 19.2. The molecule has 0 N–H and O–H groups in total. The third-order valence-corrected chi connectivity index (χ3v) is 7.07. The predicted octanol–water partition coefficient (Wildman–Crippen LogP) is 4.22. The van der Waals surface area contributed by atoms with Crippen LogP contribution in [0, 0.1) is 5.82 Å². The van der Waals surface area contributed by atoms with Gasteiger partial charge in [-0.05, 0) is 42.7 Å². The number of amides is 1. The molecule has 3 aliphatic rings. The van der Waals surface area contributed by atoms with Gasteiger partial charge in [-0.2, -0.15) is 0 Å². The van der Waals surface area contributed by atoms with Crippen molar-refractivity contribution in [2.45, 2.75) is 30.3 Å². The van der Waals surface area contributed by atoms with Crippen molar-refractivity contribution in [3.05, 3.63) is 89.4 Å². The maximum Gasteiger partial charge on any atom is 0.339 e. The maximum absolute atomic E-state index is 14.1. The highest BCUT2D eigenvalue weighted by Gasteiger charge is 2.57. The van der Waals surface area contributed by atoms with Gasteiger partial charge in [0, 0.05) is 30.3 Å². The minimum atomic E-state index is -0.744. The summed E-state index contributed by atoms with van der Waals surface area (Å²) >= 11 is 0. The van der Waals surface area contributed by atoms with E-state index in [1.165, 1.54) is 6.07 Å². The Morgan fingerprint density at radius 3 is 2.44 bits per heavy atom. The number of hydrogen-bond donors (Lipinski definition) is 0. The lowest BCUT2D eigenvalue weighted by molar-refractivity contribution is -0.134. The highest BCUT2D eigenvalue weighted by Crippen LogP contribution is 2.52. The van der Waals surface area contributed by atoms with Gasteiger partial charge in [0.1, 0.15) is 5.82 Å². The quantitative estimate of drug-likeness (QED) is 0.586. The smallest absolute Gasteiger partial charge is 0.339 e. The molecule has 6 rings (SSSR count). The summed E-state index contributed by atoms with van der Waals surface area (Å²) in [6, 6.07) is 17.6. The molecule has 6 heteroatoms. The van der Waals surface area contributed by atoms with Gasteiger partial charge < -0.3 is 9.64 Å². The van der Waals surface area contributed by atoms with E-state index in [2.05, 4.69) is 4.98 Å². The first-order valence-corrected chi connectivity index (χ1v) is 10.9. The second kappa shape index (κ2) is 6.73. The lowest BCUT2D eigenvalue weighted by Gasteiger charge is -2.26. The molecule has 160 valence electrons. The van der Waals surface area contributed by atoms with Gasteiger partial charge in [0.15, 0.2) is 5.60 Å². The van der Waals surface area contributed by atoms with Crippen LogP contribution in [0.5, 0.6) is 0 Å². The largest absolute Gasteiger partial charge is 0.449 e. The number of benzene rings is 2. The number of likely N-dealkylation sites (tertiary alicyclic amines) is 1. The van der Waals surface area contributed by atoms with Crippen LogP contribution in [0.2, 0.25) is 0 Å². The van der Waals surface area contributed by atoms with Crippen molar-refractivity contribution >= 4 is 11.9 Å². The second-order valence-corrected chi connectivity index (χ2v) is 8.90. The normalized spacial score (nSPS) is 22.7. The van der Waals surface area contributed by atoms with Gasteiger partial charge in [0.2, 0.25) is 5.91 Å². The molecule has 1 aromatic heterocycles. The van der Waals surface area contributed by atoms with E-state index in [4.69, 9.17) is 4.74 Å². The molecule has 3 aromatic rings. The summed E-state index contributed by atoms with van der Waals surface area (Å²) in [6.45, 7) is 0.917. The van der Waals surface area contributed by atoms with Crippen LogP contribution in [-0.2, 0) is 20.5 Å². The van der Waals surface area contributed by atoms with E-state index >= 15 is 0 Å². The van der Waals surface area contributed by atoms with Crippen molar-refractivity contribution in [2.75, 3.05) is 13.1 Å². The minimum absolute atomic E-state index is 0.0512. The number of rotatable bonds is 3. The highest BCUT2D eigenvalue weighted by atomic mass is 19.1. The monoisotopic (exact) mass is 428 g/mol. The molecule has 1 saturated carbocycles. The molecule has 1 saturated heterocycles. The topological polar surface area (TPSA) is 59.5 Å². The zero-order valence-electron chi connectivity index (χ0n) is 17.4. The van der Waals surface area contributed by atoms with Gasteiger partial charge in [0.25, 0.3) is 0 Å². The van der Waals surface area contributed by atoms with E-state index in [0.717, 1.165) is 24.0 Å². The van der Waals surface area contributed by atoms with Crippen LogP contribution in [-0.4, -0.2) is 34.8 Å².